The lowest BCUT2D eigenvalue weighted by Gasteiger charge is -2.08. The first-order chi connectivity index (χ1) is 8.09. The van der Waals surface area contributed by atoms with Crippen LogP contribution in [0.25, 0.3) is 0 Å². The molecule has 0 aliphatic heterocycles. The number of hydrogen-bond donors (Lipinski definition) is 0. The fourth-order valence-electron chi connectivity index (χ4n) is 1.71. The van der Waals surface area contributed by atoms with Crippen molar-refractivity contribution in [2.24, 2.45) is 7.05 Å². The van der Waals surface area contributed by atoms with E-state index in [0.717, 1.165) is 0 Å². The first-order valence-corrected chi connectivity index (χ1v) is 5.49. The third-order valence-electron chi connectivity index (χ3n) is 2.56. The van der Waals surface area contributed by atoms with E-state index in [4.69, 9.17) is 0 Å². The highest BCUT2D eigenvalue weighted by Gasteiger charge is 2.15. The number of aromatic nitrogens is 5. The van der Waals surface area contributed by atoms with Crippen LogP contribution in [0, 0.1) is 0 Å². The fourth-order valence-corrected chi connectivity index (χ4v) is 1.71. The monoisotopic (exact) mass is 233 g/mol. The average Bonchev–Trinajstić information content (AvgIpc) is 2.86. The van der Waals surface area contributed by atoms with Crippen molar-refractivity contribution < 1.29 is 4.79 Å². The predicted molar refractivity (Wildman–Crippen MR) is 61.6 cm³/mol. The predicted octanol–water partition coefficient (Wildman–Crippen LogP) is 1.02. The van der Waals surface area contributed by atoms with Crippen LogP contribution in [-0.4, -0.2) is 30.3 Å². The first-order valence-electron chi connectivity index (χ1n) is 5.49. The van der Waals surface area contributed by atoms with Crippen molar-refractivity contribution in [1.82, 2.24) is 24.5 Å². The Hall–Kier alpha value is -1.98. The van der Waals surface area contributed by atoms with E-state index in [0.29, 0.717) is 11.5 Å². The van der Waals surface area contributed by atoms with Crippen LogP contribution in [0.1, 0.15) is 36.2 Å². The number of aryl methyl sites for hydroxylation is 1. The van der Waals surface area contributed by atoms with Crippen molar-refractivity contribution in [2.45, 2.75) is 26.3 Å². The van der Waals surface area contributed by atoms with E-state index in [2.05, 4.69) is 15.2 Å². The van der Waals surface area contributed by atoms with Crippen LogP contribution in [0.15, 0.2) is 18.6 Å². The zero-order valence-electron chi connectivity index (χ0n) is 10.2. The maximum absolute atomic E-state index is 12.0. The van der Waals surface area contributed by atoms with Gasteiger partial charge >= 0.3 is 0 Å². The summed E-state index contributed by atoms with van der Waals surface area (Å²) in [7, 11) is 1.75. The van der Waals surface area contributed by atoms with Crippen molar-refractivity contribution >= 4 is 5.78 Å². The topological polar surface area (TPSA) is 65.6 Å². The summed E-state index contributed by atoms with van der Waals surface area (Å²) in [5.41, 5.74) is 0.586. The molecule has 6 nitrogen and oxygen atoms in total. The number of nitrogens with zero attached hydrogens (tertiary/aromatic N) is 5. The van der Waals surface area contributed by atoms with Crippen molar-refractivity contribution in [3.63, 3.8) is 0 Å². The van der Waals surface area contributed by atoms with E-state index in [9.17, 15) is 4.79 Å². The molecule has 0 aliphatic rings. The Morgan fingerprint density at radius 3 is 2.76 bits per heavy atom. The van der Waals surface area contributed by atoms with Gasteiger partial charge in [0.1, 0.15) is 17.8 Å². The van der Waals surface area contributed by atoms with Gasteiger partial charge in [0.05, 0.1) is 6.42 Å². The Kier molecular flexibility index (Phi) is 3.03. The van der Waals surface area contributed by atoms with Gasteiger partial charge in [-0.2, -0.15) is 10.2 Å². The fraction of sp³-hybridized carbons (Fsp3) is 0.455. The number of ketones is 1. The number of carbonyl (C=O) groups excluding carboxylic acids is 1. The minimum absolute atomic E-state index is 0.0000926. The molecule has 6 heteroatoms. The van der Waals surface area contributed by atoms with Crippen molar-refractivity contribution in [2.75, 3.05) is 0 Å². The molecule has 0 N–H and O–H groups in total. The molecule has 0 saturated carbocycles. The number of carbonyl (C=O) groups is 1. The maximum atomic E-state index is 12.0. The van der Waals surface area contributed by atoms with E-state index < -0.39 is 0 Å². The lowest BCUT2D eigenvalue weighted by molar-refractivity contribution is 0.0980. The van der Waals surface area contributed by atoms with E-state index in [-0.39, 0.29) is 18.2 Å². The molecule has 0 spiro atoms. The standard InChI is InChI=1S/C11H15N5O/c1-8(2)16-11(12-7-14-16)6-10(17)9-4-5-13-15(9)3/h4-5,7-8H,6H2,1-3H3. The molecule has 0 radical (unpaired) electrons. The Morgan fingerprint density at radius 2 is 2.18 bits per heavy atom. The van der Waals surface area contributed by atoms with Gasteiger partial charge in [0.25, 0.3) is 0 Å². The second-order valence-electron chi connectivity index (χ2n) is 4.15. The smallest absolute Gasteiger partial charge is 0.188 e. The Labute approximate surface area is 99.3 Å². The molecule has 0 saturated heterocycles. The van der Waals surface area contributed by atoms with Crippen LogP contribution in [0.4, 0.5) is 0 Å². The van der Waals surface area contributed by atoms with Crippen molar-refractivity contribution in [3.8, 4) is 0 Å². The van der Waals surface area contributed by atoms with E-state index in [1.807, 2.05) is 13.8 Å². The highest BCUT2D eigenvalue weighted by molar-refractivity contribution is 5.95. The Morgan fingerprint density at radius 1 is 1.41 bits per heavy atom. The molecule has 0 atom stereocenters. The molecule has 2 aromatic rings. The molecule has 0 aromatic carbocycles. The summed E-state index contributed by atoms with van der Waals surface area (Å²) in [6.07, 6.45) is 3.34. The van der Waals surface area contributed by atoms with Gasteiger partial charge in [0.15, 0.2) is 5.78 Å². The van der Waals surface area contributed by atoms with Gasteiger partial charge in [-0.25, -0.2) is 9.67 Å². The number of hydrogen-bond acceptors (Lipinski definition) is 4. The summed E-state index contributed by atoms with van der Waals surface area (Å²) >= 11 is 0. The summed E-state index contributed by atoms with van der Waals surface area (Å²) in [5.74, 6) is 0.686. The minimum Gasteiger partial charge on any atom is -0.292 e. The summed E-state index contributed by atoms with van der Waals surface area (Å²) < 4.78 is 3.33. The summed E-state index contributed by atoms with van der Waals surface area (Å²) in [5, 5.41) is 8.08. The normalized spacial score (nSPS) is 11.1. The van der Waals surface area contributed by atoms with Crippen LogP contribution >= 0.6 is 0 Å². The van der Waals surface area contributed by atoms with Gasteiger partial charge in [-0.15, -0.1) is 0 Å². The third kappa shape index (κ3) is 2.25. The second kappa shape index (κ2) is 4.48. The molecule has 0 aliphatic carbocycles. The Balaban J connectivity index is 2.19. The van der Waals surface area contributed by atoms with Gasteiger partial charge < -0.3 is 0 Å². The lowest BCUT2D eigenvalue weighted by atomic mass is 10.2. The molecule has 0 amide bonds. The Bertz CT molecular complexity index is 525. The first kappa shape index (κ1) is 11.5. The zero-order chi connectivity index (χ0) is 12.4. The molecule has 2 rings (SSSR count). The van der Waals surface area contributed by atoms with Crippen LogP contribution in [-0.2, 0) is 13.5 Å². The third-order valence-corrected chi connectivity index (χ3v) is 2.56. The quantitative estimate of drug-likeness (QED) is 0.739. The largest absolute Gasteiger partial charge is 0.292 e. The maximum Gasteiger partial charge on any atom is 0.188 e. The lowest BCUT2D eigenvalue weighted by Crippen LogP contribution is -2.15. The van der Waals surface area contributed by atoms with Gasteiger partial charge in [-0.05, 0) is 19.9 Å². The molecular weight excluding hydrogens is 218 g/mol. The summed E-state index contributed by atoms with van der Waals surface area (Å²) in [6, 6.07) is 1.91. The summed E-state index contributed by atoms with van der Waals surface area (Å²) in [4.78, 5) is 16.1. The van der Waals surface area contributed by atoms with Gasteiger partial charge in [0.2, 0.25) is 0 Å². The zero-order valence-corrected chi connectivity index (χ0v) is 10.2. The van der Waals surface area contributed by atoms with E-state index in [1.165, 1.54) is 6.33 Å². The minimum atomic E-state index is -0.0000926. The SMILES string of the molecule is CC(C)n1ncnc1CC(=O)c1ccnn1C. The highest BCUT2D eigenvalue weighted by atomic mass is 16.1. The van der Waals surface area contributed by atoms with Crippen LogP contribution in [0.3, 0.4) is 0 Å². The molecule has 0 unspecified atom stereocenters. The molecule has 90 valence electrons. The summed E-state index contributed by atoms with van der Waals surface area (Å²) in [6.45, 7) is 4.01. The van der Waals surface area contributed by atoms with Crippen LogP contribution < -0.4 is 0 Å². The molecular formula is C11H15N5O. The molecule has 0 bridgehead atoms. The van der Waals surface area contributed by atoms with Crippen LogP contribution in [0.5, 0.6) is 0 Å². The van der Waals surface area contributed by atoms with Crippen molar-refractivity contribution in [3.05, 3.63) is 30.1 Å². The van der Waals surface area contributed by atoms with Gasteiger partial charge in [-0.3, -0.25) is 9.48 Å². The average molecular weight is 233 g/mol. The second-order valence-corrected chi connectivity index (χ2v) is 4.15. The van der Waals surface area contributed by atoms with E-state index >= 15 is 0 Å². The molecule has 2 heterocycles. The van der Waals surface area contributed by atoms with Crippen molar-refractivity contribution in [1.29, 1.82) is 0 Å². The number of Topliss-reactive ketones (excluding diaryl/α,β-unsaturated/α-hetero) is 1. The highest BCUT2D eigenvalue weighted by Crippen LogP contribution is 2.09. The molecule has 0 fully saturated rings. The van der Waals surface area contributed by atoms with Crippen LogP contribution in [0.2, 0.25) is 0 Å². The van der Waals surface area contributed by atoms with Gasteiger partial charge in [-0.1, -0.05) is 0 Å². The number of rotatable bonds is 4. The molecule has 2 aromatic heterocycles. The van der Waals surface area contributed by atoms with E-state index in [1.54, 1.807) is 28.7 Å². The molecule has 17 heavy (non-hydrogen) atoms. The van der Waals surface area contributed by atoms with Gasteiger partial charge in [0, 0.05) is 19.3 Å².